The van der Waals surface area contributed by atoms with Gasteiger partial charge in [0.25, 0.3) is 0 Å². The second kappa shape index (κ2) is 6.75. The number of carbonyl (C=O) groups excluding carboxylic acids is 2. The number of likely N-dealkylation sites (tertiary alicyclic amines) is 1. The Morgan fingerprint density at radius 1 is 1.42 bits per heavy atom. The van der Waals surface area contributed by atoms with E-state index in [9.17, 15) is 9.59 Å². The van der Waals surface area contributed by atoms with Gasteiger partial charge in [-0.15, -0.1) is 0 Å². The van der Waals surface area contributed by atoms with Gasteiger partial charge in [-0.1, -0.05) is 13.8 Å². The third-order valence-corrected chi connectivity index (χ3v) is 4.18. The lowest BCUT2D eigenvalue weighted by Gasteiger charge is -2.33. The van der Waals surface area contributed by atoms with Crippen LogP contribution in [0.3, 0.4) is 0 Å². The van der Waals surface area contributed by atoms with Crippen LogP contribution in [-0.2, 0) is 9.53 Å². The van der Waals surface area contributed by atoms with E-state index >= 15 is 0 Å². The first-order valence-corrected chi connectivity index (χ1v) is 6.86. The Morgan fingerprint density at radius 2 is 2.05 bits per heavy atom. The predicted molar refractivity (Wildman–Crippen MR) is 72.6 cm³/mol. The van der Waals surface area contributed by atoms with Gasteiger partial charge in [-0.2, -0.15) is 0 Å². The zero-order valence-electron chi connectivity index (χ0n) is 12.1. The van der Waals surface area contributed by atoms with Crippen molar-refractivity contribution in [2.75, 3.05) is 26.7 Å². The maximum atomic E-state index is 12.6. The Hall–Kier alpha value is -1.30. The van der Waals surface area contributed by atoms with Gasteiger partial charge < -0.3 is 20.7 Å². The maximum Gasteiger partial charge on any atom is 0.407 e. The fourth-order valence-corrected chi connectivity index (χ4v) is 2.55. The average molecular weight is 271 g/mol. The second-order valence-corrected chi connectivity index (χ2v) is 5.06. The molecule has 0 radical (unpaired) electrons. The summed E-state index contributed by atoms with van der Waals surface area (Å²) < 4.78 is 4.57. The van der Waals surface area contributed by atoms with Crippen LogP contribution in [0.15, 0.2) is 0 Å². The number of alkyl carbamates (subject to hydrolysis) is 1. The quantitative estimate of drug-likeness (QED) is 0.771. The molecule has 1 unspecified atom stereocenters. The van der Waals surface area contributed by atoms with Crippen LogP contribution < -0.4 is 11.1 Å². The van der Waals surface area contributed by atoms with Crippen LogP contribution in [0, 0.1) is 5.41 Å². The first kappa shape index (κ1) is 15.8. The van der Waals surface area contributed by atoms with E-state index < -0.39 is 11.5 Å². The van der Waals surface area contributed by atoms with Gasteiger partial charge in [0.1, 0.15) is 0 Å². The lowest BCUT2D eigenvalue weighted by molar-refractivity contribution is -0.141. The summed E-state index contributed by atoms with van der Waals surface area (Å²) in [6, 6.07) is -0.0272. The summed E-state index contributed by atoms with van der Waals surface area (Å²) in [6.45, 7) is 5.55. The van der Waals surface area contributed by atoms with Crippen molar-refractivity contribution >= 4 is 12.0 Å². The molecule has 110 valence electrons. The molecule has 0 spiro atoms. The van der Waals surface area contributed by atoms with Crippen molar-refractivity contribution < 1.29 is 14.3 Å². The normalized spacial score (nSPS) is 19.4. The fraction of sp³-hybridized carbons (Fsp3) is 0.846. The third kappa shape index (κ3) is 3.37. The molecule has 6 heteroatoms. The van der Waals surface area contributed by atoms with Gasteiger partial charge in [0.15, 0.2) is 0 Å². The summed E-state index contributed by atoms with van der Waals surface area (Å²) in [4.78, 5) is 25.5. The molecule has 0 aromatic carbocycles. The Labute approximate surface area is 114 Å². The number of methoxy groups -OCH3 is 1. The molecule has 19 heavy (non-hydrogen) atoms. The Balaban J connectivity index is 2.63. The van der Waals surface area contributed by atoms with Crippen molar-refractivity contribution in [3.05, 3.63) is 0 Å². The average Bonchev–Trinajstić information content (AvgIpc) is 2.89. The van der Waals surface area contributed by atoms with E-state index in [0.717, 1.165) is 19.3 Å². The highest BCUT2D eigenvalue weighted by Crippen LogP contribution is 2.29. The smallest absolute Gasteiger partial charge is 0.407 e. The Kier molecular flexibility index (Phi) is 5.60. The Bertz CT molecular complexity index is 321. The standard InChI is InChI=1S/C13H25N3O3/c1-4-13(5-2,9-14)11(17)16-7-6-10(8-16)15-12(18)19-3/h10H,4-9,14H2,1-3H3,(H,15,18). The number of hydrogen-bond acceptors (Lipinski definition) is 4. The number of carbonyl (C=O) groups is 2. The molecular formula is C13H25N3O3. The van der Waals surface area contributed by atoms with Crippen LogP contribution in [0.25, 0.3) is 0 Å². The van der Waals surface area contributed by atoms with Crippen LogP contribution in [0.1, 0.15) is 33.1 Å². The number of hydrogen-bond donors (Lipinski definition) is 2. The summed E-state index contributed by atoms with van der Waals surface area (Å²) in [5, 5.41) is 2.73. The highest BCUT2D eigenvalue weighted by Gasteiger charge is 2.39. The van der Waals surface area contributed by atoms with E-state index in [1.54, 1.807) is 4.90 Å². The molecule has 1 rings (SSSR count). The van der Waals surface area contributed by atoms with Gasteiger partial charge in [0, 0.05) is 19.6 Å². The number of amides is 2. The molecule has 3 N–H and O–H groups in total. The van der Waals surface area contributed by atoms with Crippen LogP contribution in [0.2, 0.25) is 0 Å². The van der Waals surface area contributed by atoms with Gasteiger partial charge in [0.05, 0.1) is 18.6 Å². The van der Waals surface area contributed by atoms with Crippen LogP contribution >= 0.6 is 0 Å². The van der Waals surface area contributed by atoms with E-state index in [4.69, 9.17) is 5.73 Å². The van der Waals surface area contributed by atoms with Crippen LogP contribution in [-0.4, -0.2) is 49.7 Å². The second-order valence-electron chi connectivity index (χ2n) is 5.06. The minimum atomic E-state index is -0.458. The molecule has 6 nitrogen and oxygen atoms in total. The molecule has 1 fully saturated rings. The zero-order chi connectivity index (χ0) is 14.5. The molecule has 0 aromatic rings. The first-order valence-electron chi connectivity index (χ1n) is 6.86. The van der Waals surface area contributed by atoms with E-state index in [2.05, 4.69) is 10.1 Å². The summed E-state index contributed by atoms with van der Waals surface area (Å²) >= 11 is 0. The fourth-order valence-electron chi connectivity index (χ4n) is 2.55. The SMILES string of the molecule is CCC(CC)(CN)C(=O)N1CCC(NC(=O)OC)C1. The number of ether oxygens (including phenoxy) is 1. The van der Waals surface area contributed by atoms with Gasteiger partial charge in [-0.3, -0.25) is 4.79 Å². The summed E-state index contributed by atoms with van der Waals surface area (Å²) in [7, 11) is 1.33. The monoisotopic (exact) mass is 271 g/mol. The lowest BCUT2D eigenvalue weighted by Crippen LogP contribution is -2.48. The van der Waals surface area contributed by atoms with Crippen LogP contribution in [0.4, 0.5) is 4.79 Å². The van der Waals surface area contributed by atoms with Gasteiger partial charge in [0.2, 0.25) is 5.91 Å². The summed E-state index contributed by atoms with van der Waals surface area (Å²) in [6.07, 6.45) is 1.79. The molecule has 2 amide bonds. The highest BCUT2D eigenvalue weighted by atomic mass is 16.5. The molecule has 1 aliphatic rings. The molecule has 0 bridgehead atoms. The summed E-state index contributed by atoms with van der Waals surface area (Å²) in [5.41, 5.74) is 5.34. The zero-order valence-corrected chi connectivity index (χ0v) is 12.1. The van der Waals surface area contributed by atoms with Crippen molar-refractivity contribution in [1.29, 1.82) is 0 Å². The molecule has 1 saturated heterocycles. The molecule has 1 heterocycles. The van der Waals surface area contributed by atoms with Gasteiger partial charge >= 0.3 is 6.09 Å². The summed E-state index contributed by atoms with van der Waals surface area (Å²) in [5.74, 6) is 0.106. The van der Waals surface area contributed by atoms with Crippen molar-refractivity contribution in [2.24, 2.45) is 11.1 Å². The number of nitrogens with two attached hydrogens (primary N) is 1. The highest BCUT2D eigenvalue weighted by molar-refractivity contribution is 5.83. The van der Waals surface area contributed by atoms with Crippen molar-refractivity contribution in [1.82, 2.24) is 10.2 Å². The molecule has 1 aliphatic heterocycles. The predicted octanol–water partition coefficient (Wildman–Crippen LogP) is 0.708. The third-order valence-electron chi connectivity index (χ3n) is 4.18. The van der Waals surface area contributed by atoms with E-state index in [-0.39, 0.29) is 11.9 Å². The molecule has 0 aliphatic carbocycles. The number of rotatable bonds is 5. The van der Waals surface area contributed by atoms with Crippen molar-refractivity contribution in [3.63, 3.8) is 0 Å². The Morgan fingerprint density at radius 3 is 2.53 bits per heavy atom. The van der Waals surface area contributed by atoms with Crippen molar-refractivity contribution in [3.8, 4) is 0 Å². The van der Waals surface area contributed by atoms with E-state index in [1.165, 1.54) is 7.11 Å². The van der Waals surface area contributed by atoms with E-state index in [0.29, 0.717) is 19.6 Å². The molecule has 0 aromatic heterocycles. The van der Waals surface area contributed by atoms with Crippen molar-refractivity contribution in [2.45, 2.75) is 39.2 Å². The van der Waals surface area contributed by atoms with Crippen LogP contribution in [0.5, 0.6) is 0 Å². The molecular weight excluding hydrogens is 246 g/mol. The number of nitrogens with one attached hydrogen (secondary N) is 1. The largest absolute Gasteiger partial charge is 0.453 e. The lowest BCUT2D eigenvalue weighted by atomic mass is 9.81. The van der Waals surface area contributed by atoms with Gasteiger partial charge in [-0.05, 0) is 19.3 Å². The molecule has 0 saturated carbocycles. The van der Waals surface area contributed by atoms with E-state index in [1.807, 2.05) is 13.8 Å². The number of nitrogens with zero attached hydrogens (tertiary/aromatic N) is 1. The first-order chi connectivity index (χ1) is 9.02. The maximum absolute atomic E-state index is 12.6. The minimum absolute atomic E-state index is 0.0272. The van der Waals surface area contributed by atoms with Gasteiger partial charge in [-0.25, -0.2) is 4.79 Å². The molecule has 1 atom stereocenters. The topological polar surface area (TPSA) is 84.7 Å². The minimum Gasteiger partial charge on any atom is -0.453 e.